The van der Waals surface area contributed by atoms with Crippen LogP contribution in [0.2, 0.25) is 0 Å². The van der Waals surface area contributed by atoms with Crippen LogP contribution in [0, 0.1) is 5.82 Å². The standard InChI is InChI=1S/C14H19FN2O2/c1-16-6-8-17(9-7-16)13(10-14(18)19)11-2-4-12(15)5-3-11/h2-5,13H,6-10H2,1H3,(H,18,19). The normalized spacial score (nSPS) is 19.3. The molecule has 1 saturated heterocycles. The molecular weight excluding hydrogens is 247 g/mol. The van der Waals surface area contributed by atoms with Crippen molar-refractivity contribution in [1.82, 2.24) is 9.80 Å². The summed E-state index contributed by atoms with van der Waals surface area (Å²) in [5, 5.41) is 9.07. The molecule has 5 heteroatoms. The molecule has 0 bridgehead atoms. The number of rotatable bonds is 4. The highest BCUT2D eigenvalue weighted by Crippen LogP contribution is 2.25. The first kappa shape index (κ1) is 14.0. The topological polar surface area (TPSA) is 43.8 Å². The summed E-state index contributed by atoms with van der Waals surface area (Å²) in [6.07, 6.45) is 0.0509. The number of piperazine rings is 1. The van der Waals surface area contributed by atoms with Gasteiger partial charge < -0.3 is 10.0 Å². The molecule has 1 atom stereocenters. The van der Waals surface area contributed by atoms with E-state index in [1.165, 1.54) is 12.1 Å². The number of hydrogen-bond donors (Lipinski definition) is 1. The van der Waals surface area contributed by atoms with Crippen LogP contribution in [0.4, 0.5) is 4.39 Å². The molecule has 0 aromatic heterocycles. The molecule has 1 fully saturated rings. The van der Waals surface area contributed by atoms with E-state index in [4.69, 9.17) is 5.11 Å². The van der Waals surface area contributed by atoms with Gasteiger partial charge in [-0.3, -0.25) is 9.69 Å². The fourth-order valence-electron chi connectivity index (χ4n) is 2.44. The Bertz CT molecular complexity index is 428. The third-order valence-electron chi connectivity index (χ3n) is 3.60. The van der Waals surface area contributed by atoms with Crippen LogP contribution in [0.3, 0.4) is 0 Å². The van der Waals surface area contributed by atoms with Crippen LogP contribution in [0.1, 0.15) is 18.0 Å². The molecule has 0 saturated carbocycles. The van der Waals surface area contributed by atoms with E-state index in [1.54, 1.807) is 12.1 Å². The van der Waals surface area contributed by atoms with E-state index >= 15 is 0 Å². The maximum atomic E-state index is 13.0. The van der Waals surface area contributed by atoms with E-state index in [0.29, 0.717) is 0 Å². The summed E-state index contributed by atoms with van der Waals surface area (Å²) in [5.41, 5.74) is 0.869. The van der Waals surface area contributed by atoms with E-state index in [9.17, 15) is 9.18 Å². The number of benzene rings is 1. The van der Waals surface area contributed by atoms with Gasteiger partial charge in [-0.05, 0) is 24.7 Å². The minimum absolute atomic E-state index is 0.0509. The second kappa shape index (κ2) is 6.12. The van der Waals surface area contributed by atoms with Crippen molar-refractivity contribution < 1.29 is 14.3 Å². The van der Waals surface area contributed by atoms with Crippen molar-refractivity contribution in [3.8, 4) is 0 Å². The quantitative estimate of drug-likeness (QED) is 0.899. The van der Waals surface area contributed by atoms with Gasteiger partial charge in [0, 0.05) is 32.2 Å². The van der Waals surface area contributed by atoms with Crippen molar-refractivity contribution in [2.24, 2.45) is 0 Å². The largest absolute Gasteiger partial charge is 0.481 e. The zero-order valence-electron chi connectivity index (χ0n) is 11.1. The molecule has 1 heterocycles. The van der Waals surface area contributed by atoms with E-state index in [0.717, 1.165) is 31.7 Å². The molecule has 0 radical (unpaired) electrons. The van der Waals surface area contributed by atoms with Gasteiger partial charge in [0.15, 0.2) is 0 Å². The second-order valence-electron chi connectivity index (χ2n) is 5.00. The SMILES string of the molecule is CN1CCN(C(CC(=O)O)c2ccc(F)cc2)CC1. The first-order valence-corrected chi connectivity index (χ1v) is 6.46. The predicted molar refractivity (Wildman–Crippen MR) is 70.5 cm³/mol. The van der Waals surface area contributed by atoms with Crippen molar-refractivity contribution in [3.63, 3.8) is 0 Å². The number of carboxylic acids is 1. The van der Waals surface area contributed by atoms with Crippen LogP contribution in [0.5, 0.6) is 0 Å². The van der Waals surface area contributed by atoms with E-state index < -0.39 is 5.97 Å². The number of aliphatic carboxylic acids is 1. The molecule has 0 spiro atoms. The Morgan fingerprint density at radius 1 is 1.26 bits per heavy atom. The highest BCUT2D eigenvalue weighted by atomic mass is 19.1. The first-order valence-electron chi connectivity index (χ1n) is 6.46. The van der Waals surface area contributed by atoms with Crippen LogP contribution in [0.25, 0.3) is 0 Å². The lowest BCUT2D eigenvalue weighted by Crippen LogP contribution is -2.46. The highest BCUT2D eigenvalue weighted by molar-refractivity contribution is 5.68. The Kier molecular flexibility index (Phi) is 4.50. The van der Waals surface area contributed by atoms with Gasteiger partial charge in [0.2, 0.25) is 0 Å². The van der Waals surface area contributed by atoms with Crippen molar-refractivity contribution in [1.29, 1.82) is 0 Å². The van der Waals surface area contributed by atoms with Gasteiger partial charge >= 0.3 is 5.97 Å². The van der Waals surface area contributed by atoms with Crippen molar-refractivity contribution >= 4 is 5.97 Å². The van der Waals surface area contributed by atoms with Gasteiger partial charge in [0.1, 0.15) is 5.82 Å². The third-order valence-corrected chi connectivity index (χ3v) is 3.60. The number of nitrogens with zero attached hydrogens (tertiary/aromatic N) is 2. The van der Waals surface area contributed by atoms with Crippen molar-refractivity contribution in [3.05, 3.63) is 35.6 Å². The Morgan fingerprint density at radius 2 is 1.84 bits per heavy atom. The molecule has 1 aliphatic rings. The summed E-state index contributed by atoms with van der Waals surface area (Å²) in [7, 11) is 2.06. The summed E-state index contributed by atoms with van der Waals surface area (Å²) < 4.78 is 13.0. The molecule has 104 valence electrons. The lowest BCUT2D eigenvalue weighted by molar-refractivity contribution is -0.138. The van der Waals surface area contributed by atoms with Gasteiger partial charge in [-0.25, -0.2) is 4.39 Å². The van der Waals surface area contributed by atoms with E-state index in [1.807, 2.05) is 0 Å². The summed E-state index contributed by atoms with van der Waals surface area (Å²) in [5.74, 6) is -1.12. The maximum Gasteiger partial charge on any atom is 0.305 e. The van der Waals surface area contributed by atoms with Gasteiger partial charge in [-0.15, -0.1) is 0 Å². The second-order valence-corrected chi connectivity index (χ2v) is 5.00. The van der Waals surface area contributed by atoms with Gasteiger partial charge in [-0.2, -0.15) is 0 Å². The van der Waals surface area contributed by atoms with Crippen LogP contribution in [-0.4, -0.2) is 54.1 Å². The fourth-order valence-corrected chi connectivity index (χ4v) is 2.44. The van der Waals surface area contributed by atoms with Crippen LogP contribution in [-0.2, 0) is 4.79 Å². The molecule has 1 N–H and O–H groups in total. The average molecular weight is 266 g/mol. The zero-order chi connectivity index (χ0) is 13.8. The molecule has 2 rings (SSSR count). The van der Waals surface area contributed by atoms with Crippen molar-refractivity contribution in [2.75, 3.05) is 33.2 Å². The number of hydrogen-bond acceptors (Lipinski definition) is 3. The van der Waals surface area contributed by atoms with E-state index in [-0.39, 0.29) is 18.3 Å². The smallest absolute Gasteiger partial charge is 0.305 e. The summed E-state index contributed by atoms with van der Waals surface area (Å²) in [6.45, 7) is 3.53. The Morgan fingerprint density at radius 3 is 2.37 bits per heavy atom. The molecular formula is C14H19FN2O2. The zero-order valence-corrected chi connectivity index (χ0v) is 11.1. The average Bonchev–Trinajstić information content (AvgIpc) is 2.38. The molecule has 0 aliphatic carbocycles. The summed E-state index contributed by atoms with van der Waals surface area (Å²) in [4.78, 5) is 15.4. The van der Waals surface area contributed by atoms with Gasteiger partial charge in [0.05, 0.1) is 6.42 Å². The molecule has 0 amide bonds. The number of carbonyl (C=O) groups is 1. The Balaban J connectivity index is 2.15. The molecule has 1 aromatic carbocycles. The summed E-state index contributed by atoms with van der Waals surface area (Å²) >= 11 is 0. The Labute approximate surface area is 112 Å². The minimum Gasteiger partial charge on any atom is -0.481 e. The molecule has 1 unspecified atom stereocenters. The number of halogens is 1. The lowest BCUT2D eigenvalue weighted by Gasteiger charge is -2.37. The minimum atomic E-state index is -0.826. The molecule has 1 aliphatic heterocycles. The van der Waals surface area contributed by atoms with E-state index in [2.05, 4.69) is 16.8 Å². The first-order chi connectivity index (χ1) is 9.06. The number of carboxylic acid groups (broad SMARTS) is 1. The third kappa shape index (κ3) is 3.75. The maximum absolute atomic E-state index is 13.0. The van der Waals surface area contributed by atoms with Gasteiger partial charge in [-0.1, -0.05) is 12.1 Å². The predicted octanol–water partition coefficient (Wildman–Crippen LogP) is 1.59. The molecule has 1 aromatic rings. The number of likely N-dealkylation sites (N-methyl/N-ethyl adjacent to an activating group) is 1. The van der Waals surface area contributed by atoms with Crippen molar-refractivity contribution in [2.45, 2.75) is 12.5 Å². The molecule has 4 nitrogen and oxygen atoms in total. The molecule has 19 heavy (non-hydrogen) atoms. The Hall–Kier alpha value is -1.46. The summed E-state index contributed by atoms with van der Waals surface area (Å²) in [6, 6.07) is 5.97. The van der Waals surface area contributed by atoms with Crippen LogP contribution >= 0.6 is 0 Å². The lowest BCUT2D eigenvalue weighted by atomic mass is 10.0. The van der Waals surface area contributed by atoms with Crippen LogP contribution in [0.15, 0.2) is 24.3 Å². The highest BCUT2D eigenvalue weighted by Gasteiger charge is 2.25. The van der Waals surface area contributed by atoms with Gasteiger partial charge in [0.25, 0.3) is 0 Å². The van der Waals surface area contributed by atoms with Crippen LogP contribution < -0.4 is 0 Å². The fraction of sp³-hybridized carbons (Fsp3) is 0.500. The monoisotopic (exact) mass is 266 g/mol.